The van der Waals surface area contributed by atoms with Gasteiger partial charge in [0.15, 0.2) is 0 Å². The minimum atomic E-state index is -3.88. The molecule has 0 aliphatic carbocycles. The zero-order chi connectivity index (χ0) is 27.9. The molecule has 10 heteroatoms. The minimum absolute atomic E-state index is 0.170. The number of sulfonamides is 1. The van der Waals surface area contributed by atoms with E-state index in [1.54, 1.807) is 37.3 Å². The minimum Gasteiger partial charge on any atom is -0.355 e. The molecule has 0 spiro atoms. The van der Waals surface area contributed by atoms with E-state index >= 15 is 0 Å². The molecule has 0 saturated heterocycles. The second-order valence-electron chi connectivity index (χ2n) is 8.92. The van der Waals surface area contributed by atoms with Crippen LogP contribution in [0.5, 0.6) is 0 Å². The number of nitrogens with one attached hydrogen (secondary N) is 1. The fourth-order valence-corrected chi connectivity index (χ4v) is 5.14. The first kappa shape index (κ1) is 29.3. The maximum atomic E-state index is 14.7. The molecule has 0 radical (unpaired) electrons. The number of halogens is 2. The summed E-state index contributed by atoms with van der Waals surface area (Å²) in [5.41, 5.74) is 2.12. The van der Waals surface area contributed by atoms with Gasteiger partial charge in [-0.05, 0) is 49.2 Å². The summed E-state index contributed by atoms with van der Waals surface area (Å²) in [7, 11) is -3.88. The third kappa shape index (κ3) is 7.64. The Morgan fingerprint density at radius 3 is 2.29 bits per heavy atom. The van der Waals surface area contributed by atoms with Gasteiger partial charge in [-0.15, -0.1) is 0 Å². The van der Waals surface area contributed by atoms with Crippen LogP contribution in [0.25, 0.3) is 0 Å². The third-order valence-electron chi connectivity index (χ3n) is 6.03. The summed E-state index contributed by atoms with van der Waals surface area (Å²) < 4.78 is 42.1. The molecule has 0 aliphatic rings. The molecule has 1 N–H and O–H groups in total. The number of benzene rings is 3. The van der Waals surface area contributed by atoms with Crippen LogP contribution < -0.4 is 9.62 Å². The van der Waals surface area contributed by atoms with Gasteiger partial charge < -0.3 is 10.2 Å². The standard InChI is InChI=1S/C28H31BrFN3O4S/c1-4-31-28(35)26(17-21-10-6-5-7-11-21)32(18-22-12-8-9-13-25(22)30)27(34)19-33(38(3,36)37)23-14-15-24(29)20(2)16-23/h5-16,26H,4,17-19H2,1-3H3,(H,31,35)/t26-/m1/s1. The van der Waals surface area contributed by atoms with E-state index in [0.717, 1.165) is 26.2 Å². The average Bonchev–Trinajstić information content (AvgIpc) is 2.87. The van der Waals surface area contributed by atoms with Crippen molar-refractivity contribution in [2.24, 2.45) is 0 Å². The van der Waals surface area contributed by atoms with E-state index in [1.165, 1.54) is 17.0 Å². The molecule has 2 amide bonds. The molecule has 0 saturated carbocycles. The van der Waals surface area contributed by atoms with Crippen LogP contribution in [-0.4, -0.2) is 50.5 Å². The predicted molar refractivity (Wildman–Crippen MR) is 151 cm³/mol. The molecule has 0 aromatic heterocycles. The Morgan fingerprint density at radius 2 is 1.68 bits per heavy atom. The lowest BCUT2D eigenvalue weighted by atomic mass is 10.0. The zero-order valence-electron chi connectivity index (χ0n) is 21.5. The van der Waals surface area contributed by atoms with Crippen molar-refractivity contribution in [3.05, 3.63) is 99.8 Å². The smallest absolute Gasteiger partial charge is 0.244 e. The van der Waals surface area contributed by atoms with Crippen molar-refractivity contribution >= 4 is 43.5 Å². The third-order valence-corrected chi connectivity index (χ3v) is 8.06. The van der Waals surface area contributed by atoms with Gasteiger partial charge in [0.2, 0.25) is 21.8 Å². The molecule has 1 atom stereocenters. The van der Waals surface area contributed by atoms with Crippen LogP contribution in [0.1, 0.15) is 23.6 Å². The van der Waals surface area contributed by atoms with Gasteiger partial charge in [0.1, 0.15) is 18.4 Å². The molecule has 202 valence electrons. The Hall–Kier alpha value is -3.24. The highest BCUT2D eigenvalue weighted by atomic mass is 79.9. The Balaban J connectivity index is 2.06. The van der Waals surface area contributed by atoms with E-state index in [-0.39, 0.29) is 18.5 Å². The quantitative estimate of drug-likeness (QED) is 0.351. The molecule has 0 aliphatic heterocycles. The predicted octanol–water partition coefficient (Wildman–Crippen LogP) is 4.44. The van der Waals surface area contributed by atoms with E-state index in [9.17, 15) is 22.4 Å². The number of anilines is 1. The highest BCUT2D eigenvalue weighted by Gasteiger charge is 2.33. The molecule has 0 heterocycles. The van der Waals surface area contributed by atoms with Gasteiger partial charge in [-0.2, -0.15) is 0 Å². The molecule has 38 heavy (non-hydrogen) atoms. The first-order valence-corrected chi connectivity index (χ1v) is 14.7. The first-order valence-electron chi connectivity index (χ1n) is 12.1. The molecule has 0 bridgehead atoms. The van der Waals surface area contributed by atoms with Gasteiger partial charge in [-0.25, -0.2) is 12.8 Å². The number of amides is 2. The molecule has 0 unspecified atom stereocenters. The fraction of sp³-hybridized carbons (Fsp3) is 0.286. The number of likely N-dealkylation sites (N-methyl/N-ethyl adjacent to an activating group) is 1. The SMILES string of the molecule is CCNC(=O)[C@@H](Cc1ccccc1)N(Cc1ccccc1F)C(=O)CN(c1ccc(Br)c(C)c1)S(C)(=O)=O. The summed E-state index contributed by atoms with van der Waals surface area (Å²) in [6.45, 7) is 3.14. The number of rotatable bonds is 11. The van der Waals surface area contributed by atoms with Gasteiger partial charge in [-0.1, -0.05) is 64.5 Å². The van der Waals surface area contributed by atoms with Gasteiger partial charge in [-0.3, -0.25) is 13.9 Å². The summed E-state index contributed by atoms with van der Waals surface area (Å²) in [6, 6.07) is 19.1. The molecular weight excluding hydrogens is 573 g/mol. The Labute approximate surface area is 231 Å². The van der Waals surface area contributed by atoms with E-state index in [0.29, 0.717) is 12.2 Å². The molecule has 3 rings (SSSR count). The van der Waals surface area contributed by atoms with Crippen molar-refractivity contribution in [1.82, 2.24) is 10.2 Å². The monoisotopic (exact) mass is 603 g/mol. The van der Waals surface area contributed by atoms with Gasteiger partial charge >= 0.3 is 0 Å². The van der Waals surface area contributed by atoms with E-state index < -0.39 is 40.2 Å². The second kappa shape index (κ2) is 13.0. The van der Waals surface area contributed by atoms with Gasteiger partial charge in [0, 0.05) is 29.5 Å². The van der Waals surface area contributed by atoms with Crippen LogP contribution in [0.4, 0.5) is 10.1 Å². The van der Waals surface area contributed by atoms with Crippen LogP contribution in [-0.2, 0) is 32.6 Å². The maximum Gasteiger partial charge on any atom is 0.244 e. The van der Waals surface area contributed by atoms with Crippen molar-refractivity contribution in [3.63, 3.8) is 0 Å². The largest absolute Gasteiger partial charge is 0.355 e. The zero-order valence-corrected chi connectivity index (χ0v) is 23.9. The number of carbonyl (C=O) groups is 2. The van der Waals surface area contributed by atoms with Crippen LogP contribution in [0, 0.1) is 12.7 Å². The lowest BCUT2D eigenvalue weighted by Gasteiger charge is -2.33. The van der Waals surface area contributed by atoms with Crippen molar-refractivity contribution in [2.45, 2.75) is 32.9 Å². The van der Waals surface area contributed by atoms with Crippen LogP contribution in [0.2, 0.25) is 0 Å². The molecule has 7 nitrogen and oxygen atoms in total. The van der Waals surface area contributed by atoms with Crippen molar-refractivity contribution < 1.29 is 22.4 Å². The Morgan fingerprint density at radius 1 is 1.03 bits per heavy atom. The summed E-state index contributed by atoms with van der Waals surface area (Å²) >= 11 is 3.40. The number of aryl methyl sites for hydroxylation is 1. The van der Waals surface area contributed by atoms with Crippen LogP contribution >= 0.6 is 15.9 Å². The first-order chi connectivity index (χ1) is 18.0. The highest BCUT2D eigenvalue weighted by molar-refractivity contribution is 9.10. The molecule has 3 aromatic carbocycles. The summed E-state index contributed by atoms with van der Waals surface area (Å²) in [4.78, 5) is 28.4. The van der Waals surface area contributed by atoms with Crippen molar-refractivity contribution in [2.75, 3.05) is 23.7 Å². The number of hydrogen-bond donors (Lipinski definition) is 1. The number of nitrogens with zero attached hydrogens (tertiary/aromatic N) is 2. The lowest BCUT2D eigenvalue weighted by molar-refractivity contribution is -0.140. The second-order valence-corrected chi connectivity index (χ2v) is 11.7. The fourth-order valence-electron chi connectivity index (χ4n) is 4.05. The van der Waals surface area contributed by atoms with E-state index in [4.69, 9.17) is 0 Å². The molecule has 3 aromatic rings. The number of carbonyl (C=O) groups excluding carboxylic acids is 2. The normalized spacial score (nSPS) is 12.0. The van der Waals surface area contributed by atoms with Crippen LogP contribution in [0.3, 0.4) is 0 Å². The Bertz CT molecular complexity index is 1390. The van der Waals surface area contributed by atoms with Gasteiger partial charge in [0.25, 0.3) is 0 Å². The van der Waals surface area contributed by atoms with E-state index in [1.807, 2.05) is 37.3 Å². The molecule has 0 fully saturated rings. The maximum absolute atomic E-state index is 14.7. The Kier molecular flexibility index (Phi) is 10.0. The molecular formula is C28H31BrFN3O4S. The average molecular weight is 605 g/mol. The van der Waals surface area contributed by atoms with Crippen molar-refractivity contribution in [3.8, 4) is 0 Å². The van der Waals surface area contributed by atoms with E-state index in [2.05, 4.69) is 21.2 Å². The van der Waals surface area contributed by atoms with Gasteiger partial charge in [0.05, 0.1) is 11.9 Å². The summed E-state index contributed by atoms with van der Waals surface area (Å²) in [5, 5.41) is 2.77. The lowest BCUT2D eigenvalue weighted by Crippen LogP contribution is -2.53. The summed E-state index contributed by atoms with van der Waals surface area (Å²) in [5.74, 6) is -1.57. The summed E-state index contributed by atoms with van der Waals surface area (Å²) in [6.07, 6.45) is 1.19. The number of hydrogen-bond acceptors (Lipinski definition) is 4. The highest BCUT2D eigenvalue weighted by Crippen LogP contribution is 2.25. The van der Waals surface area contributed by atoms with Crippen LogP contribution in [0.15, 0.2) is 77.3 Å². The van der Waals surface area contributed by atoms with Crippen molar-refractivity contribution in [1.29, 1.82) is 0 Å². The topological polar surface area (TPSA) is 86.8 Å².